The fourth-order valence-corrected chi connectivity index (χ4v) is 2.06. The summed E-state index contributed by atoms with van der Waals surface area (Å²) in [5, 5.41) is 4.11. The van der Waals surface area contributed by atoms with Crippen LogP contribution in [0, 0.1) is 0 Å². The molecule has 0 fully saturated rings. The van der Waals surface area contributed by atoms with Crippen LogP contribution in [0.25, 0.3) is 0 Å². The average molecular weight is 297 g/mol. The van der Waals surface area contributed by atoms with Gasteiger partial charge in [-0.3, -0.25) is 0 Å². The van der Waals surface area contributed by atoms with Crippen LogP contribution in [0.4, 0.5) is 5.69 Å². The van der Waals surface area contributed by atoms with Crippen molar-refractivity contribution in [3.05, 3.63) is 63.6 Å². The van der Waals surface area contributed by atoms with E-state index in [1.807, 2.05) is 42.5 Å². The molecule has 0 bridgehead atoms. The molecule has 0 aromatic heterocycles. The Hall–Kier alpha value is -0.990. The predicted octanol–water partition coefficient (Wildman–Crippen LogP) is 4.71. The molecule has 82 valence electrons. The molecule has 0 atom stereocenters. The Kier molecular flexibility index (Phi) is 3.86. The van der Waals surface area contributed by atoms with Gasteiger partial charge in [-0.1, -0.05) is 45.7 Å². The summed E-state index contributed by atoms with van der Waals surface area (Å²) >= 11 is 9.36. The zero-order valence-electron chi connectivity index (χ0n) is 8.58. The second-order valence-corrected chi connectivity index (χ2v) is 4.85. The highest BCUT2D eigenvalue weighted by molar-refractivity contribution is 9.10. The molecule has 1 nitrogen and oxygen atoms in total. The largest absolute Gasteiger partial charge is 0.381 e. The van der Waals surface area contributed by atoms with E-state index < -0.39 is 0 Å². The van der Waals surface area contributed by atoms with E-state index in [0.29, 0.717) is 0 Å². The third kappa shape index (κ3) is 3.26. The standard InChI is InChI=1S/C13H11BrClN/c14-11-4-2-6-13(8-11)16-9-10-3-1-5-12(15)7-10/h1-8,16H,9H2. The lowest BCUT2D eigenvalue weighted by Crippen LogP contribution is -1.98. The van der Waals surface area contributed by atoms with Crippen molar-refractivity contribution < 1.29 is 0 Å². The molecule has 0 unspecified atom stereocenters. The summed E-state index contributed by atoms with van der Waals surface area (Å²) in [6, 6.07) is 15.9. The number of hydrogen-bond acceptors (Lipinski definition) is 1. The van der Waals surface area contributed by atoms with Gasteiger partial charge in [0.05, 0.1) is 0 Å². The van der Waals surface area contributed by atoms with E-state index in [1.54, 1.807) is 0 Å². The topological polar surface area (TPSA) is 12.0 Å². The zero-order chi connectivity index (χ0) is 11.4. The summed E-state index contributed by atoms with van der Waals surface area (Å²) in [6.45, 7) is 0.775. The van der Waals surface area contributed by atoms with E-state index in [0.717, 1.165) is 21.7 Å². The maximum Gasteiger partial charge on any atom is 0.0409 e. The van der Waals surface area contributed by atoms with Crippen LogP contribution >= 0.6 is 27.5 Å². The summed E-state index contributed by atoms with van der Waals surface area (Å²) in [5.74, 6) is 0. The highest BCUT2D eigenvalue weighted by Crippen LogP contribution is 2.17. The van der Waals surface area contributed by atoms with Gasteiger partial charge in [-0.05, 0) is 35.9 Å². The van der Waals surface area contributed by atoms with Crippen LogP contribution in [0.3, 0.4) is 0 Å². The Morgan fingerprint density at radius 2 is 1.88 bits per heavy atom. The number of hydrogen-bond donors (Lipinski definition) is 1. The Morgan fingerprint density at radius 1 is 1.06 bits per heavy atom. The van der Waals surface area contributed by atoms with Gasteiger partial charge in [0.1, 0.15) is 0 Å². The van der Waals surface area contributed by atoms with Gasteiger partial charge in [-0.15, -0.1) is 0 Å². The van der Waals surface area contributed by atoms with Gasteiger partial charge >= 0.3 is 0 Å². The SMILES string of the molecule is Clc1cccc(CNc2cccc(Br)c2)c1. The minimum absolute atomic E-state index is 0.772. The Bertz CT molecular complexity index is 439. The van der Waals surface area contributed by atoms with Crippen LogP contribution in [-0.2, 0) is 6.54 Å². The van der Waals surface area contributed by atoms with Crippen molar-refractivity contribution in [2.45, 2.75) is 6.54 Å². The first-order chi connectivity index (χ1) is 7.74. The maximum atomic E-state index is 5.92. The quantitative estimate of drug-likeness (QED) is 0.864. The first-order valence-corrected chi connectivity index (χ1v) is 6.15. The van der Waals surface area contributed by atoms with Crippen LogP contribution < -0.4 is 5.32 Å². The van der Waals surface area contributed by atoms with Crippen molar-refractivity contribution >= 4 is 33.2 Å². The van der Waals surface area contributed by atoms with E-state index >= 15 is 0 Å². The van der Waals surface area contributed by atoms with E-state index in [1.165, 1.54) is 5.56 Å². The Balaban J connectivity index is 2.02. The first-order valence-electron chi connectivity index (χ1n) is 4.98. The van der Waals surface area contributed by atoms with Gasteiger partial charge in [-0.25, -0.2) is 0 Å². The summed E-state index contributed by atoms with van der Waals surface area (Å²) in [7, 11) is 0. The van der Waals surface area contributed by atoms with Crippen molar-refractivity contribution in [2.75, 3.05) is 5.32 Å². The highest BCUT2D eigenvalue weighted by atomic mass is 79.9. The van der Waals surface area contributed by atoms with E-state index in [9.17, 15) is 0 Å². The Morgan fingerprint density at radius 3 is 2.62 bits per heavy atom. The van der Waals surface area contributed by atoms with Crippen LogP contribution in [-0.4, -0.2) is 0 Å². The molecule has 1 N–H and O–H groups in total. The molecule has 0 spiro atoms. The minimum Gasteiger partial charge on any atom is -0.381 e. The first kappa shape index (κ1) is 11.5. The zero-order valence-corrected chi connectivity index (χ0v) is 10.9. The molecular weight excluding hydrogens is 286 g/mol. The van der Waals surface area contributed by atoms with Crippen molar-refractivity contribution in [1.82, 2.24) is 0 Å². The molecule has 3 heteroatoms. The molecule has 0 saturated carbocycles. The molecule has 0 aliphatic rings. The van der Waals surface area contributed by atoms with Crippen molar-refractivity contribution in [3.8, 4) is 0 Å². The van der Waals surface area contributed by atoms with Gasteiger partial charge in [0.25, 0.3) is 0 Å². The van der Waals surface area contributed by atoms with Crippen LogP contribution in [0.2, 0.25) is 5.02 Å². The predicted molar refractivity (Wildman–Crippen MR) is 72.9 cm³/mol. The third-order valence-corrected chi connectivity index (χ3v) is 2.94. The average Bonchev–Trinajstić information content (AvgIpc) is 2.27. The van der Waals surface area contributed by atoms with Crippen LogP contribution in [0.15, 0.2) is 53.0 Å². The van der Waals surface area contributed by atoms with E-state index in [4.69, 9.17) is 11.6 Å². The van der Waals surface area contributed by atoms with Crippen molar-refractivity contribution in [3.63, 3.8) is 0 Å². The fraction of sp³-hybridized carbons (Fsp3) is 0.0769. The molecule has 0 aliphatic carbocycles. The number of rotatable bonds is 3. The summed E-state index contributed by atoms with van der Waals surface area (Å²) in [6.07, 6.45) is 0. The summed E-state index contributed by atoms with van der Waals surface area (Å²) < 4.78 is 1.07. The van der Waals surface area contributed by atoms with Crippen molar-refractivity contribution in [1.29, 1.82) is 0 Å². The third-order valence-electron chi connectivity index (χ3n) is 2.21. The number of nitrogens with one attached hydrogen (secondary N) is 1. The summed E-state index contributed by atoms with van der Waals surface area (Å²) in [4.78, 5) is 0. The van der Waals surface area contributed by atoms with Gasteiger partial charge in [0, 0.05) is 21.7 Å². The van der Waals surface area contributed by atoms with Crippen molar-refractivity contribution in [2.24, 2.45) is 0 Å². The number of anilines is 1. The lowest BCUT2D eigenvalue weighted by molar-refractivity contribution is 1.15. The minimum atomic E-state index is 0.772. The van der Waals surface area contributed by atoms with Gasteiger partial charge in [-0.2, -0.15) is 0 Å². The molecule has 0 aliphatic heterocycles. The monoisotopic (exact) mass is 295 g/mol. The van der Waals surface area contributed by atoms with Gasteiger partial charge < -0.3 is 5.32 Å². The van der Waals surface area contributed by atoms with E-state index in [2.05, 4.69) is 27.3 Å². The molecular formula is C13H11BrClN. The van der Waals surface area contributed by atoms with Gasteiger partial charge in [0.15, 0.2) is 0 Å². The number of benzene rings is 2. The molecule has 16 heavy (non-hydrogen) atoms. The maximum absolute atomic E-state index is 5.92. The molecule has 0 heterocycles. The second kappa shape index (κ2) is 5.37. The van der Waals surface area contributed by atoms with Crippen LogP contribution in [0.1, 0.15) is 5.56 Å². The summed E-state index contributed by atoms with van der Waals surface area (Å²) in [5.41, 5.74) is 2.27. The lowest BCUT2D eigenvalue weighted by Gasteiger charge is -2.07. The molecule has 2 aromatic carbocycles. The molecule has 2 rings (SSSR count). The lowest BCUT2D eigenvalue weighted by atomic mass is 10.2. The second-order valence-electron chi connectivity index (χ2n) is 3.49. The normalized spacial score (nSPS) is 10.1. The fourth-order valence-electron chi connectivity index (χ4n) is 1.45. The smallest absolute Gasteiger partial charge is 0.0409 e. The van der Waals surface area contributed by atoms with Crippen LogP contribution in [0.5, 0.6) is 0 Å². The van der Waals surface area contributed by atoms with Gasteiger partial charge in [0.2, 0.25) is 0 Å². The Labute approximate surface area is 109 Å². The molecule has 0 radical (unpaired) electrons. The van der Waals surface area contributed by atoms with E-state index in [-0.39, 0.29) is 0 Å². The highest BCUT2D eigenvalue weighted by Gasteiger charge is 1.95. The molecule has 0 amide bonds. The molecule has 2 aromatic rings. The molecule has 0 saturated heterocycles. The number of halogens is 2.